The first-order valence-corrected chi connectivity index (χ1v) is 9.50. The van der Waals surface area contributed by atoms with Gasteiger partial charge in [0.2, 0.25) is 10.0 Å². The van der Waals surface area contributed by atoms with E-state index in [9.17, 15) is 17.2 Å². The lowest BCUT2D eigenvalue weighted by atomic mass is 10.2. The Kier molecular flexibility index (Phi) is 3.83. The van der Waals surface area contributed by atoms with Gasteiger partial charge in [0.05, 0.1) is 16.6 Å². The maximum absolute atomic E-state index is 14.9. The number of nitrogens with one attached hydrogen (secondary N) is 2. The highest BCUT2D eigenvalue weighted by Crippen LogP contribution is 2.37. The second-order valence-electron chi connectivity index (χ2n) is 6.27. The largest absolute Gasteiger partial charge is 0.443 e. The summed E-state index contributed by atoms with van der Waals surface area (Å²) >= 11 is 0. The molecule has 0 amide bonds. The molecule has 1 aromatic heterocycles. The average molecular weight is 379 g/mol. The summed E-state index contributed by atoms with van der Waals surface area (Å²) in [7, 11) is -3.65. The first kappa shape index (κ1) is 16.8. The average Bonchev–Trinajstić information content (AvgIpc) is 3.33. The Balaban J connectivity index is 1.82. The van der Waals surface area contributed by atoms with E-state index in [2.05, 4.69) is 15.0 Å². The van der Waals surface area contributed by atoms with Gasteiger partial charge in [-0.15, -0.1) is 0 Å². The molecule has 0 bridgehead atoms. The molecule has 1 saturated carbocycles. The van der Waals surface area contributed by atoms with E-state index in [-0.39, 0.29) is 28.2 Å². The zero-order chi connectivity index (χ0) is 18.5. The molecule has 4 rings (SSSR count). The Morgan fingerprint density at radius 2 is 1.96 bits per heavy atom. The van der Waals surface area contributed by atoms with E-state index < -0.39 is 26.9 Å². The van der Waals surface area contributed by atoms with Crippen LogP contribution in [0.1, 0.15) is 18.4 Å². The maximum atomic E-state index is 14.9. The molecule has 3 aromatic rings. The molecule has 2 N–H and O–H groups in total. The Hall–Kier alpha value is -2.68. The molecule has 0 saturated heterocycles. The van der Waals surface area contributed by atoms with Gasteiger partial charge < -0.3 is 9.73 Å². The number of sulfonamides is 1. The van der Waals surface area contributed by atoms with Crippen LogP contribution in [0.5, 0.6) is 0 Å². The molecule has 1 heterocycles. The van der Waals surface area contributed by atoms with Crippen LogP contribution in [-0.2, 0) is 10.0 Å². The van der Waals surface area contributed by atoms with Crippen LogP contribution in [0.4, 0.5) is 25.8 Å². The third-order valence-corrected chi connectivity index (χ3v) is 6.02. The van der Waals surface area contributed by atoms with Crippen molar-refractivity contribution in [1.82, 2.24) is 4.98 Å². The van der Waals surface area contributed by atoms with Gasteiger partial charge in [-0.1, -0.05) is 6.07 Å². The van der Waals surface area contributed by atoms with Crippen molar-refractivity contribution in [3.8, 4) is 0 Å². The smallest absolute Gasteiger partial charge is 0.235 e. The van der Waals surface area contributed by atoms with Gasteiger partial charge >= 0.3 is 0 Å². The number of halogens is 2. The minimum Gasteiger partial charge on any atom is -0.443 e. The molecule has 0 aliphatic heterocycles. The normalized spacial score (nSPS) is 14.6. The molecule has 0 radical (unpaired) electrons. The highest BCUT2D eigenvalue weighted by molar-refractivity contribution is 7.93. The summed E-state index contributed by atoms with van der Waals surface area (Å²) in [5.74, 6) is -1.41. The van der Waals surface area contributed by atoms with Gasteiger partial charge in [0.1, 0.15) is 17.0 Å². The molecule has 1 fully saturated rings. The first-order valence-electron chi connectivity index (χ1n) is 7.95. The van der Waals surface area contributed by atoms with E-state index >= 15 is 0 Å². The molecule has 6 nitrogen and oxygen atoms in total. The molecule has 0 unspecified atom stereocenters. The second kappa shape index (κ2) is 5.94. The molecular weight excluding hydrogens is 364 g/mol. The molecule has 9 heteroatoms. The fourth-order valence-corrected chi connectivity index (χ4v) is 4.03. The molecule has 136 valence electrons. The summed E-state index contributed by atoms with van der Waals surface area (Å²) in [6, 6.07) is 5.74. The predicted octanol–water partition coefficient (Wildman–Crippen LogP) is 4.06. The van der Waals surface area contributed by atoms with E-state index in [4.69, 9.17) is 4.42 Å². The van der Waals surface area contributed by atoms with Crippen molar-refractivity contribution < 1.29 is 21.6 Å². The summed E-state index contributed by atoms with van der Waals surface area (Å²) in [4.78, 5) is 3.79. The molecule has 1 aliphatic rings. The van der Waals surface area contributed by atoms with Crippen LogP contribution in [0.2, 0.25) is 0 Å². The molecule has 1 aliphatic carbocycles. The maximum Gasteiger partial charge on any atom is 0.235 e. The SMILES string of the molecule is Cc1ccc(Nc2c(NS(=O)(=O)C3CC3)cc3ocnc3c2F)c(F)c1. The van der Waals surface area contributed by atoms with Crippen LogP contribution < -0.4 is 10.0 Å². The van der Waals surface area contributed by atoms with Crippen molar-refractivity contribution in [2.45, 2.75) is 25.0 Å². The highest BCUT2D eigenvalue weighted by atomic mass is 32.2. The minimum atomic E-state index is -3.65. The number of hydrogen-bond acceptors (Lipinski definition) is 5. The Morgan fingerprint density at radius 1 is 1.19 bits per heavy atom. The zero-order valence-electron chi connectivity index (χ0n) is 13.7. The Labute approximate surface area is 148 Å². The van der Waals surface area contributed by atoms with E-state index in [0.717, 1.165) is 6.39 Å². The number of hydrogen-bond donors (Lipinski definition) is 2. The van der Waals surface area contributed by atoms with Crippen molar-refractivity contribution in [2.75, 3.05) is 10.0 Å². The van der Waals surface area contributed by atoms with Crippen molar-refractivity contribution in [2.24, 2.45) is 0 Å². The Morgan fingerprint density at radius 3 is 2.65 bits per heavy atom. The van der Waals surface area contributed by atoms with E-state index in [1.54, 1.807) is 13.0 Å². The second-order valence-corrected chi connectivity index (χ2v) is 8.23. The fraction of sp³-hybridized carbons (Fsp3) is 0.235. The number of aryl methyl sites for hydroxylation is 1. The van der Waals surface area contributed by atoms with Gasteiger partial charge in [0.25, 0.3) is 0 Å². The van der Waals surface area contributed by atoms with Gasteiger partial charge in [-0.05, 0) is 37.5 Å². The predicted molar refractivity (Wildman–Crippen MR) is 94.0 cm³/mol. The van der Waals surface area contributed by atoms with Crippen molar-refractivity contribution >= 4 is 38.2 Å². The Bertz CT molecular complexity index is 1110. The van der Waals surface area contributed by atoms with Gasteiger partial charge in [-0.2, -0.15) is 0 Å². The number of benzene rings is 2. The van der Waals surface area contributed by atoms with Crippen LogP contribution in [0.15, 0.2) is 35.1 Å². The quantitative estimate of drug-likeness (QED) is 0.698. The van der Waals surface area contributed by atoms with Gasteiger partial charge in [-0.3, -0.25) is 4.72 Å². The van der Waals surface area contributed by atoms with E-state index in [1.165, 1.54) is 18.2 Å². The van der Waals surface area contributed by atoms with E-state index in [0.29, 0.717) is 18.4 Å². The van der Waals surface area contributed by atoms with Crippen molar-refractivity contribution in [3.05, 3.63) is 47.9 Å². The minimum absolute atomic E-state index is 0.0178. The third kappa shape index (κ3) is 2.98. The summed E-state index contributed by atoms with van der Waals surface area (Å²) in [6.45, 7) is 1.73. The number of anilines is 3. The molecule has 2 aromatic carbocycles. The molecular formula is C17H15F2N3O3S. The van der Waals surface area contributed by atoms with Crippen molar-refractivity contribution in [3.63, 3.8) is 0 Å². The van der Waals surface area contributed by atoms with E-state index in [1.807, 2.05) is 0 Å². The lowest BCUT2D eigenvalue weighted by Gasteiger charge is -2.15. The number of aromatic nitrogens is 1. The highest BCUT2D eigenvalue weighted by Gasteiger charge is 2.36. The molecule has 26 heavy (non-hydrogen) atoms. The standard InChI is InChI=1S/C17H15F2N3O3S/c1-9-2-5-12(11(18)6-9)21-16-13(22-26(23,24)10-3-4-10)7-14-17(15(16)19)20-8-25-14/h2,5-8,10,21-22H,3-4H2,1H3. The summed E-state index contributed by atoms with van der Waals surface area (Å²) in [5.41, 5.74) is 0.469. The van der Waals surface area contributed by atoms with Crippen LogP contribution in [0, 0.1) is 18.6 Å². The van der Waals surface area contributed by atoms with Gasteiger partial charge in [0.15, 0.2) is 17.8 Å². The summed E-state index contributed by atoms with van der Waals surface area (Å²) in [6.07, 6.45) is 2.17. The third-order valence-electron chi connectivity index (χ3n) is 4.17. The van der Waals surface area contributed by atoms with Gasteiger partial charge in [0, 0.05) is 6.07 Å². The fourth-order valence-electron chi connectivity index (χ4n) is 2.64. The first-order chi connectivity index (χ1) is 12.3. The number of fused-ring (bicyclic) bond motifs is 1. The van der Waals surface area contributed by atoms with Gasteiger partial charge in [-0.25, -0.2) is 22.2 Å². The number of rotatable bonds is 5. The summed E-state index contributed by atoms with van der Waals surface area (Å²) < 4.78 is 61.1. The van der Waals surface area contributed by atoms with Crippen LogP contribution in [0.25, 0.3) is 11.1 Å². The zero-order valence-corrected chi connectivity index (χ0v) is 14.5. The van der Waals surface area contributed by atoms with Crippen molar-refractivity contribution in [1.29, 1.82) is 0 Å². The van der Waals surface area contributed by atoms with Crippen LogP contribution >= 0.6 is 0 Å². The molecule has 0 spiro atoms. The number of nitrogens with zero attached hydrogens (tertiary/aromatic N) is 1. The lowest BCUT2D eigenvalue weighted by Crippen LogP contribution is -2.18. The van der Waals surface area contributed by atoms with Crippen LogP contribution in [0.3, 0.4) is 0 Å². The molecule has 0 atom stereocenters. The van der Waals surface area contributed by atoms with Crippen LogP contribution in [-0.4, -0.2) is 18.7 Å². The summed E-state index contributed by atoms with van der Waals surface area (Å²) in [5, 5.41) is 2.14. The topological polar surface area (TPSA) is 84.2 Å². The monoisotopic (exact) mass is 379 g/mol. The lowest BCUT2D eigenvalue weighted by molar-refractivity contribution is 0.599. The number of oxazole rings is 1.